The third-order valence-corrected chi connectivity index (χ3v) is 2.93. The van der Waals surface area contributed by atoms with Gasteiger partial charge in [-0.2, -0.15) is 0 Å². The Kier molecular flexibility index (Phi) is 3.70. The van der Waals surface area contributed by atoms with Crippen LogP contribution in [-0.4, -0.2) is 5.78 Å². The Morgan fingerprint density at radius 2 is 2.14 bits per heavy atom. The zero-order chi connectivity index (χ0) is 10.7. The first-order valence-electron chi connectivity index (χ1n) is 4.86. The summed E-state index contributed by atoms with van der Waals surface area (Å²) < 4.78 is 0. The van der Waals surface area contributed by atoms with Gasteiger partial charge in [-0.15, -0.1) is 0 Å². The smallest absolute Gasteiger partial charge is 0.165 e. The lowest BCUT2D eigenvalue weighted by atomic mass is 9.96. The topological polar surface area (TPSA) is 17.1 Å². The Balaban J connectivity index is 2.97. The molecule has 2 heteroatoms. The Bertz CT molecular complexity index is 344. The molecule has 0 aliphatic carbocycles. The van der Waals surface area contributed by atoms with Crippen LogP contribution in [0.1, 0.15) is 36.2 Å². The van der Waals surface area contributed by atoms with E-state index in [4.69, 9.17) is 11.6 Å². The summed E-state index contributed by atoms with van der Waals surface area (Å²) in [4.78, 5) is 11.8. The van der Waals surface area contributed by atoms with Crippen LogP contribution in [0.4, 0.5) is 0 Å². The van der Waals surface area contributed by atoms with Crippen LogP contribution >= 0.6 is 11.6 Å². The zero-order valence-electron chi connectivity index (χ0n) is 8.80. The molecule has 0 spiro atoms. The van der Waals surface area contributed by atoms with E-state index in [1.54, 1.807) is 12.1 Å². The molecule has 76 valence electrons. The minimum atomic E-state index is 0.0931. The third kappa shape index (κ3) is 2.36. The second-order valence-corrected chi connectivity index (χ2v) is 4.04. The van der Waals surface area contributed by atoms with Crippen molar-refractivity contribution in [1.29, 1.82) is 0 Å². The Hall–Kier alpha value is -0.820. The van der Waals surface area contributed by atoms with E-state index in [-0.39, 0.29) is 11.7 Å². The summed E-state index contributed by atoms with van der Waals surface area (Å²) >= 11 is 5.89. The van der Waals surface area contributed by atoms with Crippen molar-refractivity contribution in [3.63, 3.8) is 0 Å². The number of ketones is 1. The SMILES string of the molecule is CCC(C)C(=O)c1ccc(Cl)c(C)c1. The van der Waals surface area contributed by atoms with Crippen molar-refractivity contribution in [2.75, 3.05) is 0 Å². The molecule has 0 N–H and O–H groups in total. The fourth-order valence-corrected chi connectivity index (χ4v) is 1.39. The van der Waals surface area contributed by atoms with Gasteiger partial charge in [0.2, 0.25) is 0 Å². The predicted octanol–water partition coefficient (Wildman–Crippen LogP) is 3.88. The van der Waals surface area contributed by atoms with Crippen LogP contribution in [0.15, 0.2) is 18.2 Å². The van der Waals surface area contributed by atoms with Crippen molar-refractivity contribution in [1.82, 2.24) is 0 Å². The van der Waals surface area contributed by atoms with Crippen molar-refractivity contribution in [3.8, 4) is 0 Å². The molecule has 0 aromatic heterocycles. The molecule has 0 heterocycles. The summed E-state index contributed by atoms with van der Waals surface area (Å²) in [6, 6.07) is 5.44. The lowest BCUT2D eigenvalue weighted by Crippen LogP contribution is -2.10. The molecule has 1 aromatic carbocycles. The number of rotatable bonds is 3. The molecule has 0 fully saturated rings. The van der Waals surface area contributed by atoms with Gasteiger partial charge in [-0.25, -0.2) is 0 Å². The van der Waals surface area contributed by atoms with E-state index in [0.29, 0.717) is 5.02 Å². The molecule has 0 aliphatic heterocycles. The molecule has 1 nitrogen and oxygen atoms in total. The van der Waals surface area contributed by atoms with Gasteiger partial charge in [0.1, 0.15) is 0 Å². The van der Waals surface area contributed by atoms with Crippen LogP contribution in [0.25, 0.3) is 0 Å². The number of hydrogen-bond acceptors (Lipinski definition) is 1. The highest BCUT2D eigenvalue weighted by molar-refractivity contribution is 6.31. The largest absolute Gasteiger partial charge is 0.294 e. The first kappa shape index (κ1) is 11.3. The highest BCUT2D eigenvalue weighted by atomic mass is 35.5. The monoisotopic (exact) mass is 210 g/mol. The molecule has 0 radical (unpaired) electrons. The van der Waals surface area contributed by atoms with Crippen molar-refractivity contribution in [3.05, 3.63) is 34.3 Å². The van der Waals surface area contributed by atoms with Crippen LogP contribution in [0.3, 0.4) is 0 Å². The maximum atomic E-state index is 11.8. The maximum Gasteiger partial charge on any atom is 0.165 e. The van der Waals surface area contributed by atoms with Gasteiger partial charge < -0.3 is 0 Å². The lowest BCUT2D eigenvalue weighted by Gasteiger charge is -2.08. The van der Waals surface area contributed by atoms with Gasteiger partial charge in [0.25, 0.3) is 0 Å². The second kappa shape index (κ2) is 4.61. The average molecular weight is 211 g/mol. The van der Waals surface area contributed by atoms with Gasteiger partial charge in [0.15, 0.2) is 5.78 Å². The van der Waals surface area contributed by atoms with Gasteiger partial charge in [-0.3, -0.25) is 4.79 Å². The van der Waals surface area contributed by atoms with Gasteiger partial charge in [-0.1, -0.05) is 25.4 Å². The number of hydrogen-bond donors (Lipinski definition) is 0. The molecule has 1 atom stereocenters. The van der Waals surface area contributed by atoms with Gasteiger partial charge in [0.05, 0.1) is 0 Å². The summed E-state index contributed by atoms with van der Waals surface area (Å²) in [6.45, 7) is 5.88. The molecule has 1 rings (SSSR count). The quantitative estimate of drug-likeness (QED) is 0.692. The van der Waals surface area contributed by atoms with E-state index >= 15 is 0 Å². The number of halogens is 1. The first-order valence-corrected chi connectivity index (χ1v) is 5.24. The van der Waals surface area contributed by atoms with Gasteiger partial charge in [-0.05, 0) is 37.1 Å². The van der Waals surface area contributed by atoms with Crippen LogP contribution < -0.4 is 0 Å². The second-order valence-electron chi connectivity index (χ2n) is 3.64. The van der Waals surface area contributed by atoms with Crippen LogP contribution in [-0.2, 0) is 0 Å². The number of carbonyl (C=O) groups excluding carboxylic acids is 1. The van der Waals surface area contributed by atoms with Gasteiger partial charge >= 0.3 is 0 Å². The molecular weight excluding hydrogens is 196 g/mol. The van der Waals surface area contributed by atoms with E-state index in [1.165, 1.54) is 0 Å². The fraction of sp³-hybridized carbons (Fsp3) is 0.417. The number of aryl methyl sites for hydroxylation is 1. The standard InChI is InChI=1S/C12H15ClO/c1-4-8(2)12(14)10-5-6-11(13)9(3)7-10/h5-8H,4H2,1-3H3. The lowest BCUT2D eigenvalue weighted by molar-refractivity contribution is 0.0927. The molecular formula is C12H15ClO. The molecule has 1 unspecified atom stereocenters. The highest BCUT2D eigenvalue weighted by Crippen LogP contribution is 2.19. The summed E-state index contributed by atoms with van der Waals surface area (Å²) in [6.07, 6.45) is 0.876. The summed E-state index contributed by atoms with van der Waals surface area (Å²) in [5.41, 5.74) is 1.72. The van der Waals surface area contributed by atoms with Crippen molar-refractivity contribution < 1.29 is 4.79 Å². The molecule has 0 bridgehead atoms. The zero-order valence-corrected chi connectivity index (χ0v) is 9.56. The maximum absolute atomic E-state index is 11.8. The highest BCUT2D eigenvalue weighted by Gasteiger charge is 2.13. The molecule has 0 saturated carbocycles. The Labute approximate surface area is 90.1 Å². The number of carbonyl (C=O) groups is 1. The summed E-state index contributed by atoms with van der Waals surface area (Å²) in [7, 11) is 0. The van der Waals surface area contributed by atoms with Crippen molar-refractivity contribution >= 4 is 17.4 Å². The molecule has 0 aliphatic rings. The van der Waals surface area contributed by atoms with E-state index in [9.17, 15) is 4.79 Å². The minimum absolute atomic E-state index is 0.0931. The molecule has 0 amide bonds. The van der Waals surface area contributed by atoms with Crippen LogP contribution in [0.2, 0.25) is 5.02 Å². The number of Topliss-reactive ketones (excluding diaryl/α,β-unsaturated/α-hetero) is 1. The van der Waals surface area contributed by atoms with Crippen molar-refractivity contribution in [2.45, 2.75) is 27.2 Å². The summed E-state index contributed by atoms with van der Waals surface area (Å²) in [5.74, 6) is 0.294. The average Bonchev–Trinajstić information content (AvgIpc) is 2.20. The number of benzene rings is 1. The van der Waals surface area contributed by atoms with Crippen LogP contribution in [0, 0.1) is 12.8 Å². The third-order valence-electron chi connectivity index (χ3n) is 2.50. The van der Waals surface area contributed by atoms with E-state index in [2.05, 4.69) is 0 Å². The normalized spacial score (nSPS) is 12.6. The molecule has 14 heavy (non-hydrogen) atoms. The van der Waals surface area contributed by atoms with E-state index < -0.39 is 0 Å². The Morgan fingerprint density at radius 3 is 2.64 bits per heavy atom. The summed E-state index contributed by atoms with van der Waals surface area (Å²) in [5, 5.41) is 0.714. The van der Waals surface area contributed by atoms with Crippen molar-refractivity contribution in [2.24, 2.45) is 5.92 Å². The molecule has 1 aromatic rings. The molecule has 0 saturated heterocycles. The van der Waals surface area contributed by atoms with Gasteiger partial charge in [0, 0.05) is 16.5 Å². The fourth-order valence-electron chi connectivity index (χ4n) is 1.27. The predicted molar refractivity (Wildman–Crippen MR) is 60.0 cm³/mol. The van der Waals surface area contributed by atoms with E-state index in [1.807, 2.05) is 26.8 Å². The first-order chi connectivity index (χ1) is 6.56. The Morgan fingerprint density at radius 1 is 1.50 bits per heavy atom. The van der Waals surface area contributed by atoms with Crippen LogP contribution in [0.5, 0.6) is 0 Å². The minimum Gasteiger partial charge on any atom is -0.294 e. The van der Waals surface area contributed by atoms with E-state index in [0.717, 1.165) is 17.5 Å².